The highest BCUT2D eigenvalue weighted by Crippen LogP contribution is 2.43. The highest BCUT2D eigenvalue weighted by Gasteiger charge is 2.44. The molecule has 0 aromatic heterocycles. The predicted octanol–water partition coefficient (Wildman–Crippen LogP) is 2.45. The Morgan fingerprint density at radius 2 is 1.65 bits per heavy atom. The van der Waals surface area contributed by atoms with Gasteiger partial charge in [0.2, 0.25) is 0 Å². The van der Waals surface area contributed by atoms with Crippen LogP contribution in [0.1, 0.15) is 58.8 Å². The summed E-state index contributed by atoms with van der Waals surface area (Å²) in [4.78, 5) is 5.50. The van der Waals surface area contributed by atoms with E-state index in [1.807, 2.05) is 0 Å². The van der Waals surface area contributed by atoms with Crippen molar-refractivity contribution < 1.29 is 0 Å². The van der Waals surface area contributed by atoms with Gasteiger partial charge in [0.05, 0.1) is 0 Å². The Morgan fingerprint density at radius 3 is 2.25 bits per heavy atom. The smallest absolute Gasteiger partial charge is 0.0332 e. The van der Waals surface area contributed by atoms with Gasteiger partial charge >= 0.3 is 0 Å². The molecule has 1 atom stereocenters. The molecule has 1 unspecified atom stereocenters. The van der Waals surface area contributed by atoms with Crippen LogP contribution in [0.15, 0.2) is 0 Å². The molecule has 0 aromatic rings. The van der Waals surface area contributed by atoms with E-state index in [9.17, 15) is 0 Å². The molecule has 2 heterocycles. The molecular formula is C17H33N3. The van der Waals surface area contributed by atoms with Crippen molar-refractivity contribution in [2.24, 2.45) is 11.1 Å². The van der Waals surface area contributed by atoms with Crippen molar-refractivity contribution >= 4 is 0 Å². The second kappa shape index (κ2) is 5.58. The Kier molecular flexibility index (Phi) is 4.13. The number of rotatable bonds is 3. The van der Waals surface area contributed by atoms with Crippen LogP contribution in [-0.4, -0.2) is 54.1 Å². The van der Waals surface area contributed by atoms with Gasteiger partial charge in [-0.05, 0) is 63.5 Å². The summed E-state index contributed by atoms with van der Waals surface area (Å²) in [6.07, 6.45) is 9.49. The molecule has 116 valence electrons. The van der Waals surface area contributed by atoms with Crippen LogP contribution in [-0.2, 0) is 0 Å². The molecule has 3 heteroatoms. The monoisotopic (exact) mass is 279 g/mol. The van der Waals surface area contributed by atoms with Crippen LogP contribution in [0, 0.1) is 5.41 Å². The van der Waals surface area contributed by atoms with E-state index >= 15 is 0 Å². The highest BCUT2D eigenvalue weighted by atomic mass is 15.3. The third kappa shape index (κ3) is 2.77. The van der Waals surface area contributed by atoms with E-state index in [-0.39, 0.29) is 0 Å². The molecule has 3 aliphatic rings. The van der Waals surface area contributed by atoms with Gasteiger partial charge in [-0.15, -0.1) is 0 Å². The largest absolute Gasteiger partial charge is 0.329 e. The zero-order valence-corrected chi connectivity index (χ0v) is 13.5. The van der Waals surface area contributed by atoms with E-state index in [2.05, 4.69) is 23.6 Å². The first kappa shape index (κ1) is 14.8. The van der Waals surface area contributed by atoms with E-state index in [1.165, 1.54) is 71.1 Å². The van der Waals surface area contributed by atoms with Crippen molar-refractivity contribution in [2.75, 3.05) is 32.7 Å². The van der Waals surface area contributed by atoms with Gasteiger partial charge in [-0.2, -0.15) is 0 Å². The topological polar surface area (TPSA) is 32.5 Å². The normalized spacial score (nSPS) is 34.6. The average Bonchev–Trinajstić information content (AvgIpc) is 3.10. The summed E-state index contributed by atoms with van der Waals surface area (Å²) in [6.45, 7) is 10.9. The van der Waals surface area contributed by atoms with Crippen molar-refractivity contribution in [2.45, 2.75) is 70.4 Å². The summed E-state index contributed by atoms with van der Waals surface area (Å²) in [5, 5.41) is 0. The van der Waals surface area contributed by atoms with Gasteiger partial charge in [0.1, 0.15) is 0 Å². The summed E-state index contributed by atoms with van der Waals surface area (Å²) in [6, 6.07) is 0.816. The van der Waals surface area contributed by atoms with Gasteiger partial charge in [0.15, 0.2) is 0 Å². The third-order valence-electron chi connectivity index (χ3n) is 6.41. The molecule has 1 saturated carbocycles. The molecule has 20 heavy (non-hydrogen) atoms. The molecule has 2 saturated heterocycles. The Labute approximate surface area is 124 Å². The molecule has 3 rings (SSSR count). The standard InChI is InChI=1S/C17H33N3/c1-16(2)6-8-17(14-18,9-7-16)20-12-5-15(13-20)19-10-3-4-11-19/h15H,3-14,18H2,1-2H3. The van der Waals surface area contributed by atoms with Crippen molar-refractivity contribution in [1.29, 1.82) is 0 Å². The fourth-order valence-corrected chi connectivity index (χ4v) is 4.62. The number of likely N-dealkylation sites (tertiary alicyclic amines) is 2. The van der Waals surface area contributed by atoms with Crippen molar-refractivity contribution in [3.8, 4) is 0 Å². The molecule has 0 radical (unpaired) electrons. The quantitative estimate of drug-likeness (QED) is 0.861. The Balaban J connectivity index is 1.62. The van der Waals surface area contributed by atoms with Gasteiger partial charge in [0, 0.05) is 31.2 Å². The first-order valence-electron chi connectivity index (χ1n) is 8.74. The lowest BCUT2D eigenvalue weighted by atomic mass is 9.69. The molecule has 3 fully saturated rings. The molecular weight excluding hydrogens is 246 g/mol. The van der Waals surface area contributed by atoms with Crippen LogP contribution < -0.4 is 5.73 Å². The van der Waals surface area contributed by atoms with Crippen LogP contribution in [0.2, 0.25) is 0 Å². The average molecular weight is 279 g/mol. The van der Waals surface area contributed by atoms with E-state index in [4.69, 9.17) is 5.73 Å². The zero-order valence-electron chi connectivity index (χ0n) is 13.5. The number of nitrogens with zero attached hydrogens (tertiary/aromatic N) is 2. The van der Waals surface area contributed by atoms with Gasteiger partial charge in [-0.25, -0.2) is 0 Å². The van der Waals surface area contributed by atoms with Crippen molar-refractivity contribution in [3.05, 3.63) is 0 Å². The van der Waals surface area contributed by atoms with Crippen LogP contribution in [0.3, 0.4) is 0 Å². The fourth-order valence-electron chi connectivity index (χ4n) is 4.62. The van der Waals surface area contributed by atoms with Crippen molar-refractivity contribution in [3.63, 3.8) is 0 Å². The first-order chi connectivity index (χ1) is 9.55. The summed E-state index contributed by atoms with van der Waals surface area (Å²) >= 11 is 0. The number of hydrogen-bond acceptors (Lipinski definition) is 3. The minimum Gasteiger partial charge on any atom is -0.329 e. The maximum Gasteiger partial charge on any atom is 0.0332 e. The number of nitrogens with two attached hydrogens (primary N) is 1. The summed E-state index contributed by atoms with van der Waals surface area (Å²) in [5.74, 6) is 0. The molecule has 1 aliphatic carbocycles. The SMILES string of the molecule is CC1(C)CCC(CN)(N2CCC(N3CCCC3)C2)CC1. The lowest BCUT2D eigenvalue weighted by Crippen LogP contribution is -2.56. The predicted molar refractivity (Wildman–Crippen MR) is 84.8 cm³/mol. The summed E-state index contributed by atoms with van der Waals surface area (Å²) < 4.78 is 0. The number of hydrogen-bond donors (Lipinski definition) is 1. The first-order valence-corrected chi connectivity index (χ1v) is 8.74. The van der Waals surface area contributed by atoms with Gasteiger partial charge in [0.25, 0.3) is 0 Å². The van der Waals surface area contributed by atoms with Crippen LogP contribution in [0.4, 0.5) is 0 Å². The second-order valence-corrected chi connectivity index (χ2v) is 8.22. The maximum absolute atomic E-state index is 6.25. The third-order valence-corrected chi connectivity index (χ3v) is 6.41. The lowest BCUT2D eigenvalue weighted by Gasteiger charge is -2.48. The van der Waals surface area contributed by atoms with Gasteiger partial charge in [-0.3, -0.25) is 9.80 Å². The van der Waals surface area contributed by atoms with E-state index in [0.29, 0.717) is 11.0 Å². The molecule has 3 nitrogen and oxygen atoms in total. The highest BCUT2D eigenvalue weighted by molar-refractivity contribution is 5.01. The van der Waals surface area contributed by atoms with Gasteiger partial charge in [-0.1, -0.05) is 13.8 Å². The zero-order chi connectivity index (χ0) is 14.2. The van der Waals surface area contributed by atoms with E-state index in [1.54, 1.807) is 0 Å². The fraction of sp³-hybridized carbons (Fsp3) is 1.00. The molecule has 0 aromatic carbocycles. The minimum absolute atomic E-state index is 0.323. The Morgan fingerprint density at radius 1 is 1.00 bits per heavy atom. The van der Waals surface area contributed by atoms with Gasteiger partial charge < -0.3 is 5.73 Å². The maximum atomic E-state index is 6.25. The van der Waals surface area contributed by atoms with E-state index in [0.717, 1.165) is 12.6 Å². The Hall–Kier alpha value is -0.120. The molecule has 2 aliphatic heterocycles. The summed E-state index contributed by atoms with van der Waals surface area (Å²) in [7, 11) is 0. The lowest BCUT2D eigenvalue weighted by molar-refractivity contribution is 0.0350. The van der Waals surface area contributed by atoms with Crippen molar-refractivity contribution in [1.82, 2.24) is 9.80 Å². The van der Waals surface area contributed by atoms with Crippen LogP contribution in [0.25, 0.3) is 0 Å². The summed E-state index contributed by atoms with van der Waals surface area (Å²) in [5.41, 5.74) is 7.11. The molecule has 0 spiro atoms. The van der Waals surface area contributed by atoms with Crippen LogP contribution >= 0.6 is 0 Å². The Bertz CT molecular complexity index is 323. The molecule has 2 N–H and O–H groups in total. The van der Waals surface area contributed by atoms with Crippen LogP contribution in [0.5, 0.6) is 0 Å². The molecule has 0 amide bonds. The second-order valence-electron chi connectivity index (χ2n) is 8.22. The minimum atomic E-state index is 0.323. The molecule has 0 bridgehead atoms. The van der Waals surface area contributed by atoms with E-state index < -0.39 is 0 Å².